The molecule has 3 aromatic carbocycles. The Balaban J connectivity index is 0.000000154. The minimum absolute atomic E-state index is 0. The van der Waals surface area contributed by atoms with E-state index in [0.717, 1.165) is 29.9 Å². The van der Waals surface area contributed by atoms with Gasteiger partial charge in [-0.3, -0.25) is 13.2 Å². The van der Waals surface area contributed by atoms with Gasteiger partial charge < -0.3 is 33.9 Å². The van der Waals surface area contributed by atoms with Gasteiger partial charge in [-0.05, 0) is 35.3 Å². The van der Waals surface area contributed by atoms with E-state index in [1.807, 2.05) is 25.1 Å². The summed E-state index contributed by atoms with van der Waals surface area (Å²) in [5, 5.41) is 0. The van der Waals surface area contributed by atoms with Crippen LogP contribution in [0.4, 0.5) is 13.2 Å². The summed E-state index contributed by atoms with van der Waals surface area (Å²) in [6, 6.07) is 34.5. The third-order valence-corrected chi connectivity index (χ3v) is 7.66. The summed E-state index contributed by atoms with van der Waals surface area (Å²) < 4.78 is 62.3. The van der Waals surface area contributed by atoms with Gasteiger partial charge in [0.15, 0.2) is 0 Å². The van der Waals surface area contributed by atoms with Crippen molar-refractivity contribution < 1.29 is 52.2 Å². The van der Waals surface area contributed by atoms with E-state index in [-0.39, 0.29) is 49.8 Å². The molecule has 2 aliphatic heterocycles. The SMILES string of the molecule is Cc1c[c-]c(-c2ccccn2)c(F)c1.Fc1cc(COCC2CO2)c[c-]c1-c1ccccn1.Fc1cc(COCC2CO2)c[c-]c1-c1ccccn1.[Ir+3]. The summed E-state index contributed by atoms with van der Waals surface area (Å²) in [5.41, 5.74) is 5.36. The molecule has 0 aliphatic carbocycles. The number of aryl methyl sites for hydroxylation is 1. The van der Waals surface area contributed by atoms with Gasteiger partial charge in [-0.1, -0.05) is 60.0 Å². The van der Waals surface area contributed by atoms with E-state index >= 15 is 0 Å². The molecule has 5 heterocycles. The first kappa shape index (κ1) is 39.6. The fourth-order valence-electron chi connectivity index (χ4n) is 4.82. The van der Waals surface area contributed by atoms with Crippen LogP contribution in [0.3, 0.4) is 0 Å². The molecule has 8 rings (SSSR count). The van der Waals surface area contributed by atoms with Crippen LogP contribution in [-0.2, 0) is 52.3 Å². The Bertz CT molecular complexity index is 1920. The van der Waals surface area contributed by atoms with Gasteiger partial charge in [0, 0.05) is 49.3 Å². The molecule has 7 nitrogen and oxygen atoms in total. The number of ether oxygens (including phenoxy) is 4. The topological polar surface area (TPSA) is 82.2 Å². The Morgan fingerprint density at radius 1 is 0.604 bits per heavy atom. The van der Waals surface area contributed by atoms with Gasteiger partial charge in [0.05, 0.1) is 26.4 Å². The van der Waals surface area contributed by atoms with E-state index in [9.17, 15) is 13.2 Å². The number of pyridine rings is 3. The summed E-state index contributed by atoms with van der Waals surface area (Å²) in [7, 11) is 0. The van der Waals surface area contributed by atoms with E-state index in [1.54, 1.807) is 73.2 Å². The van der Waals surface area contributed by atoms with Crippen molar-refractivity contribution in [3.8, 4) is 33.8 Å². The first-order chi connectivity index (χ1) is 25.4. The molecule has 0 N–H and O–H groups in total. The summed E-state index contributed by atoms with van der Waals surface area (Å²) in [6.07, 6.45) is 5.36. The Kier molecular flexibility index (Phi) is 14.9. The minimum atomic E-state index is -0.331. The summed E-state index contributed by atoms with van der Waals surface area (Å²) in [5.74, 6) is -0.936. The second-order valence-corrected chi connectivity index (χ2v) is 11.9. The van der Waals surface area contributed by atoms with Crippen molar-refractivity contribution in [2.45, 2.75) is 32.3 Å². The third kappa shape index (κ3) is 12.5. The van der Waals surface area contributed by atoms with Crippen LogP contribution in [0.15, 0.2) is 110 Å². The van der Waals surface area contributed by atoms with Gasteiger partial charge in [-0.2, -0.15) is 0 Å². The average molecular weight is 895 g/mol. The first-order valence-corrected chi connectivity index (χ1v) is 16.6. The normalized spacial score (nSPS) is 15.2. The van der Waals surface area contributed by atoms with E-state index < -0.39 is 0 Å². The number of epoxide rings is 2. The van der Waals surface area contributed by atoms with Crippen molar-refractivity contribution >= 4 is 0 Å². The number of hydrogen-bond donors (Lipinski definition) is 0. The summed E-state index contributed by atoms with van der Waals surface area (Å²) in [4.78, 5) is 12.3. The second kappa shape index (κ2) is 20.0. The first-order valence-electron chi connectivity index (χ1n) is 16.6. The van der Waals surface area contributed by atoms with Gasteiger partial charge in [-0.25, -0.2) is 0 Å². The molecule has 0 radical (unpaired) electrons. The summed E-state index contributed by atoms with van der Waals surface area (Å²) in [6.45, 7) is 5.22. The molecule has 0 saturated carbocycles. The van der Waals surface area contributed by atoms with Crippen LogP contribution in [0.25, 0.3) is 33.8 Å². The standard InChI is InChI=1S/2C15H13FNO2.C12H9FN.Ir/c2*16-14-7-11(8-18-9-12-10-19-12)4-5-13(14)15-3-1-2-6-17-15;1-9-5-6-10(11(13)8-9)12-4-2-3-7-14-12;/h2*1-4,6-7,12H,8-10H2;2-5,7-8H,1H3;/q3*-1;+3. The molecule has 2 fully saturated rings. The molecule has 272 valence electrons. The van der Waals surface area contributed by atoms with Crippen molar-refractivity contribution in [2.75, 3.05) is 26.4 Å². The number of rotatable bonds is 11. The van der Waals surface area contributed by atoms with Gasteiger partial charge >= 0.3 is 20.1 Å². The molecule has 0 bridgehead atoms. The molecule has 53 heavy (non-hydrogen) atoms. The Hall–Kier alpha value is -4.61. The molecule has 6 aromatic rings. The Morgan fingerprint density at radius 3 is 1.30 bits per heavy atom. The molecule has 3 aromatic heterocycles. The second-order valence-electron chi connectivity index (χ2n) is 11.9. The quantitative estimate of drug-likeness (QED) is 0.0959. The van der Waals surface area contributed by atoms with Crippen LogP contribution in [-0.4, -0.2) is 53.6 Å². The zero-order valence-corrected chi connectivity index (χ0v) is 31.1. The molecule has 2 atom stereocenters. The molecule has 0 amide bonds. The third-order valence-electron chi connectivity index (χ3n) is 7.66. The molecule has 11 heteroatoms. The van der Waals surface area contributed by atoms with Crippen LogP contribution in [0.1, 0.15) is 16.7 Å². The van der Waals surface area contributed by atoms with E-state index in [2.05, 4.69) is 33.2 Å². The fraction of sp³-hybridized carbons (Fsp3) is 0.214. The van der Waals surface area contributed by atoms with Crippen LogP contribution in [0.2, 0.25) is 0 Å². The smallest absolute Gasteiger partial charge is 0.383 e. The van der Waals surface area contributed by atoms with Crippen LogP contribution in [0.5, 0.6) is 0 Å². The molecule has 2 unspecified atom stereocenters. The average Bonchev–Trinajstić information content (AvgIpc) is 4.11. The van der Waals surface area contributed by atoms with Crippen molar-refractivity contribution in [1.82, 2.24) is 15.0 Å². The Morgan fingerprint density at radius 2 is 0.981 bits per heavy atom. The van der Waals surface area contributed by atoms with Gasteiger partial charge in [0.2, 0.25) is 0 Å². The maximum atomic E-state index is 14.0. The van der Waals surface area contributed by atoms with Crippen molar-refractivity contribution in [3.63, 3.8) is 0 Å². The largest absolute Gasteiger partial charge is 3.00 e. The predicted molar refractivity (Wildman–Crippen MR) is 189 cm³/mol. The van der Waals surface area contributed by atoms with Crippen LogP contribution in [0, 0.1) is 42.6 Å². The van der Waals surface area contributed by atoms with Gasteiger partial charge in [-0.15, -0.1) is 71.3 Å². The molecule has 0 spiro atoms. The van der Waals surface area contributed by atoms with E-state index in [4.69, 9.17) is 18.9 Å². The maximum Gasteiger partial charge on any atom is 3.00 e. The predicted octanol–water partition coefficient (Wildman–Crippen LogP) is 8.20. The van der Waals surface area contributed by atoms with E-state index in [1.165, 1.54) is 18.2 Å². The van der Waals surface area contributed by atoms with Crippen LogP contribution < -0.4 is 0 Å². The molecular formula is C42H35F3IrN3O4. The number of benzene rings is 3. The number of halogens is 3. The molecular weight excluding hydrogens is 860 g/mol. The minimum Gasteiger partial charge on any atom is -0.383 e. The van der Waals surface area contributed by atoms with Gasteiger partial charge in [0.25, 0.3) is 0 Å². The zero-order chi connectivity index (χ0) is 36.1. The van der Waals surface area contributed by atoms with Crippen molar-refractivity contribution in [1.29, 1.82) is 0 Å². The number of nitrogens with zero attached hydrogens (tertiary/aromatic N) is 3. The van der Waals surface area contributed by atoms with Crippen LogP contribution >= 0.6 is 0 Å². The van der Waals surface area contributed by atoms with Crippen molar-refractivity contribution in [2.24, 2.45) is 0 Å². The van der Waals surface area contributed by atoms with E-state index in [0.29, 0.717) is 60.2 Å². The van der Waals surface area contributed by atoms with Gasteiger partial charge in [0.1, 0.15) is 12.2 Å². The molecule has 2 saturated heterocycles. The monoisotopic (exact) mass is 895 g/mol. The maximum absolute atomic E-state index is 14.0. The molecule has 2 aliphatic rings. The fourth-order valence-corrected chi connectivity index (χ4v) is 4.82. The van der Waals surface area contributed by atoms with Crippen molar-refractivity contribution in [3.05, 3.63) is 162 Å². The summed E-state index contributed by atoms with van der Waals surface area (Å²) >= 11 is 0. The number of hydrogen-bond acceptors (Lipinski definition) is 7. The zero-order valence-electron chi connectivity index (χ0n) is 28.7. The Labute approximate surface area is 320 Å². The number of aromatic nitrogens is 3.